The monoisotopic (exact) mass is 248 g/mol. The fraction of sp³-hybridized carbons (Fsp3) is 0.667. The number of rotatable bonds is 5. The van der Waals surface area contributed by atoms with Crippen LogP contribution in [0.3, 0.4) is 0 Å². The van der Waals surface area contributed by atoms with E-state index in [1.807, 2.05) is 6.92 Å². The van der Waals surface area contributed by atoms with Crippen molar-refractivity contribution in [3.8, 4) is 0 Å². The van der Waals surface area contributed by atoms with E-state index in [9.17, 15) is 14.4 Å². The Balaban J connectivity index is 4.10. The average Bonchev–Trinajstić information content (AvgIpc) is 2.22. The topological polar surface area (TPSA) is 84.5 Å². The summed E-state index contributed by atoms with van der Waals surface area (Å²) in [5, 5.41) is 4.70. The summed E-state index contributed by atoms with van der Waals surface area (Å²) in [7, 11) is 0. The standard InChI is InChI=1S/C9H16N2O4S/c1-3-4-10-9(14)15-8(13)7(5-16)11-6(2)12/h7,16H,3-5H2,1-2H3,(H,10,14)(H,11,12)/t7-/m0/s1. The summed E-state index contributed by atoms with van der Waals surface area (Å²) < 4.78 is 4.45. The Kier molecular flexibility index (Phi) is 7.36. The average molecular weight is 248 g/mol. The summed E-state index contributed by atoms with van der Waals surface area (Å²) in [5.74, 6) is -1.14. The van der Waals surface area contributed by atoms with Crippen LogP contribution in [0.15, 0.2) is 0 Å². The molecule has 2 amide bonds. The van der Waals surface area contributed by atoms with Crippen LogP contribution in [0.4, 0.5) is 4.79 Å². The molecule has 0 spiro atoms. The molecule has 0 saturated carbocycles. The molecule has 0 fully saturated rings. The molecule has 6 nitrogen and oxygen atoms in total. The summed E-state index contributed by atoms with van der Waals surface area (Å²) in [4.78, 5) is 33.1. The summed E-state index contributed by atoms with van der Waals surface area (Å²) in [6, 6.07) is -0.909. The number of hydrogen-bond donors (Lipinski definition) is 3. The van der Waals surface area contributed by atoms with Crippen molar-refractivity contribution in [3.63, 3.8) is 0 Å². The van der Waals surface area contributed by atoms with Crippen LogP contribution < -0.4 is 10.6 Å². The first kappa shape index (κ1) is 14.8. The quantitative estimate of drug-likeness (QED) is 0.365. The molecule has 0 aliphatic carbocycles. The molecule has 0 heterocycles. The fourth-order valence-corrected chi connectivity index (χ4v) is 1.09. The highest BCUT2D eigenvalue weighted by atomic mass is 32.1. The molecule has 0 aliphatic heterocycles. The molecule has 0 aromatic carbocycles. The van der Waals surface area contributed by atoms with E-state index in [1.165, 1.54) is 6.92 Å². The largest absolute Gasteiger partial charge is 0.414 e. The predicted octanol–water partition coefficient (Wildman–Crippen LogP) is 0.0837. The maximum Gasteiger partial charge on any atom is 0.414 e. The molecule has 0 unspecified atom stereocenters. The van der Waals surface area contributed by atoms with Gasteiger partial charge in [-0.1, -0.05) is 6.92 Å². The lowest BCUT2D eigenvalue weighted by molar-refractivity contribution is -0.141. The highest BCUT2D eigenvalue weighted by molar-refractivity contribution is 7.80. The van der Waals surface area contributed by atoms with Crippen LogP contribution in [0.25, 0.3) is 0 Å². The number of alkyl carbamates (subject to hydrolysis) is 1. The van der Waals surface area contributed by atoms with Gasteiger partial charge >= 0.3 is 12.1 Å². The molecule has 16 heavy (non-hydrogen) atoms. The zero-order valence-electron chi connectivity index (χ0n) is 9.28. The van der Waals surface area contributed by atoms with Crippen LogP contribution >= 0.6 is 12.6 Å². The third-order valence-corrected chi connectivity index (χ3v) is 1.92. The molecule has 0 saturated heterocycles. The molecule has 0 radical (unpaired) electrons. The zero-order chi connectivity index (χ0) is 12.6. The summed E-state index contributed by atoms with van der Waals surface area (Å²) in [6.45, 7) is 3.56. The van der Waals surface area contributed by atoms with Crippen molar-refractivity contribution < 1.29 is 19.1 Å². The first-order valence-corrected chi connectivity index (χ1v) is 5.52. The summed E-state index contributed by atoms with van der Waals surface area (Å²) in [5.41, 5.74) is 0. The minimum absolute atomic E-state index is 0.0689. The summed E-state index contributed by atoms with van der Waals surface area (Å²) in [6.07, 6.45) is -0.0747. The van der Waals surface area contributed by atoms with Crippen molar-refractivity contribution in [2.75, 3.05) is 12.3 Å². The Hall–Kier alpha value is -1.24. The first-order valence-electron chi connectivity index (χ1n) is 4.88. The molecule has 0 aromatic heterocycles. The Labute approximate surface area is 99.5 Å². The van der Waals surface area contributed by atoms with E-state index < -0.39 is 18.1 Å². The number of thiol groups is 1. The molecule has 0 rings (SSSR count). The number of carbonyl (C=O) groups is 3. The van der Waals surface area contributed by atoms with Crippen LogP contribution in [0.2, 0.25) is 0 Å². The smallest absolute Gasteiger partial charge is 0.375 e. The van der Waals surface area contributed by atoms with Crippen molar-refractivity contribution in [1.29, 1.82) is 0 Å². The predicted molar refractivity (Wildman–Crippen MR) is 61.2 cm³/mol. The number of ether oxygens (including phenoxy) is 1. The minimum Gasteiger partial charge on any atom is -0.375 e. The molecular formula is C9H16N2O4S. The maximum absolute atomic E-state index is 11.3. The minimum atomic E-state index is -0.909. The maximum atomic E-state index is 11.3. The highest BCUT2D eigenvalue weighted by Crippen LogP contribution is 1.93. The van der Waals surface area contributed by atoms with Crippen molar-refractivity contribution in [3.05, 3.63) is 0 Å². The summed E-state index contributed by atoms with van der Waals surface area (Å²) >= 11 is 3.88. The van der Waals surface area contributed by atoms with E-state index in [0.717, 1.165) is 6.42 Å². The molecule has 2 N–H and O–H groups in total. The molecule has 0 aliphatic rings. The lowest BCUT2D eigenvalue weighted by atomic mass is 10.3. The molecule has 1 atom stereocenters. The number of amides is 2. The molecule has 0 bridgehead atoms. The van der Waals surface area contributed by atoms with E-state index >= 15 is 0 Å². The van der Waals surface area contributed by atoms with E-state index in [-0.39, 0.29) is 11.7 Å². The first-order chi connectivity index (χ1) is 7.51. The number of carbonyl (C=O) groups excluding carboxylic acids is 3. The number of nitrogens with one attached hydrogen (secondary N) is 2. The third kappa shape index (κ3) is 6.28. The second-order valence-corrected chi connectivity index (χ2v) is 3.44. The van der Waals surface area contributed by atoms with Gasteiger partial charge in [-0.15, -0.1) is 0 Å². The van der Waals surface area contributed by atoms with Gasteiger partial charge in [-0.2, -0.15) is 12.6 Å². The van der Waals surface area contributed by atoms with Gasteiger partial charge in [-0.05, 0) is 6.42 Å². The van der Waals surface area contributed by atoms with Crippen molar-refractivity contribution in [2.45, 2.75) is 26.3 Å². The van der Waals surface area contributed by atoms with Gasteiger partial charge in [0.1, 0.15) is 6.04 Å². The van der Waals surface area contributed by atoms with Gasteiger partial charge in [0.2, 0.25) is 5.91 Å². The Morgan fingerprint density at radius 3 is 2.44 bits per heavy atom. The van der Waals surface area contributed by atoms with Gasteiger partial charge in [-0.25, -0.2) is 9.59 Å². The van der Waals surface area contributed by atoms with Crippen LogP contribution in [0, 0.1) is 0 Å². The normalized spacial score (nSPS) is 11.4. The van der Waals surface area contributed by atoms with Gasteiger partial charge in [0.05, 0.1) is 0 Å². The van der Waals surface area contributed by atoms with Gasteiger partial charge in [0.15, 0.2) is 0 Å². The zero-order valence-corrected chi connectivity index (χ0v) is 10.2. The Bertz CT molecular complexity index is 270. The van der Waals surface area contributed by atoms with Crippen LogP contribution in [-0.4, -0.2) is 36.3 Å². The molecule has 92 valence electrons. The lowest BCUT2D eigenvalue weighted by Crippen LogP contribution is -2.44. The number of hydrogen-bond acceptors (Lipinski definition) is 5. The van der Waals surface area contributed by atoms with E-state index in [2.05, 4.69) is 28.0 Å². The van der Waals surface area contributed by atoms with Crippen molar-refractivity contribution >= 4 is 30.6 Å². The van der Waals surface area contributed by atoms with Gasteiger partial charge < -0.3 is 15.4 Å². The van der Waals surface area contributed by atoms with Gasteiger partial charge in [0.25, 0.3) is 0 Å². The number of esters is 1. The van der Waals surface area contributed by atoms with E-state index in [0.29, 0.717) is 6.54 Å². The van der Waals surface area contributed by atoms with Crippen LogP contribution in [0.5, 0.6) is 0 Å². The SMILES string of the molecule is CCCNC(=O)OC(=O)[C@H](CS)NC(C)=O. The second kappa shape index (κ2) is 7.98. The van der Waals surface area contributed by atoms with E-state index in [4.69, 9.17) is 0 Å². The van der Waals surface area contributed by atoms with Crippen LogP contribution in [-0.2, 0) is 14.3 Å². The highest BCUT2D eigenvalue weighted by Gasteiger charge is 2.21. The lowest BCUT2D eigenvalue weighted by Gasteiger charge is -2.13. The molecule has 7 heteroatoms. The Morgan fingerprint density at radius 2 is 2.00 bits per heavy atom. The third-order valence-electron chi connectivity index (χ3n) is 1.56. The molecule has 0 aromatic rings. The fourth-order valence-electron chi connectivity index (χ4n) is 0.850. The van der Waals surface area contributed by atoms with Crippen LogP contribution in [0.1, 0.15) is 20.3 Å². The van der Waals surface area contributed by atoms with Gasteiger partial charge in [0, 0.05) is 19.2 Å². The second-order valence-electron chi connectivity index (χ2n) is 3.07. The van der Waals surface area contributed by atoms with Gasteiger partial charge in [-0.3, -0.25) is 4.79 Å². The van der Waals surface area contributed by atoms with Crippen molar-refractivity contribution in [1.82, 2.24) is 10.6 Å². The van der Waals surface area contributed by atoms with E-state index in [1.54, 1.807) is 0 Å². The van der Waals surface area contributed by atoms with Crippen molar-refractivity contribution in [2.24, 2.45) is 0 Å². The molecular weight excluding hydrogens is 232 g/mol. The Morgan fingerprint density at radius 1 is 1.38 bits per heavy atom.